The van der Waals surface area contributed by atoms with Gasteiger partial charge in [-0.1, -0.05) is 23.2 Å². The Morgan fingerprint density at radius 1 is 0.841 bits per heavy atom. The highest BCUT2D eigenvalue weighted by Gasteiger charge is 2.30. The first kappa shape index (κ1) is 30.4. The van der Waals surface area contributed by atoms with E-state index in [0.29, 0.717) is 54.3 Å². The number of nitrogens with zero attached hydrogens (tertiary/aromatic N) is 6. The Balaban J connectivity index is 0.000000162. The maximum absolute atomic E-state index is 12.6. The molecule has 5 aromatic heterocycles. The molecule has 8 rings (SSSR count). The zero-order chi connectivity index (χ0) is 30.4. The van der Waals surface area contributed by atoms with Gasteiger partial charge in [0.2, 0.25) is 5.78 Å². The molecule has 0 fully saturated rings. The largest absolute Gasteiger partial charge is 0.323 e. The zero-order valence-corrected chi connectivity index (χ0v) is 24.3. The van der Waals surface area contributed by atoms with Crippen LogP contribution in [0.2, 0.25) is 10.0 Å². The Hall–Kier alpha value is -5.05. The topological polar surface area (TPSA) is 191 Å². The lowest BCUT2D eigenvalue weighted by Crippen LogP contribution is -2.21. The van der Waals surface area contributed by atoms with Crippen LogP contribution in [-0.4, -0.2) is 39.9 Å². The number of hydrogen-bond donors (Lipinski definition) is 3. The number of rotatable bonds is 1. The number of ketones is 1. The molecule has 4 N–H and O–H groups in total. The number of benzene rings is 2. The molecule has 0 spiro atoms. The normalized spacial score (nSPS) is 11.3. The number of hydrogen-bond acceptors (Lipinski definition) is 10. The van der Waals surface area contributed by atoms with Crippen molar-refractivity contribution >= 4 is 85.7 Å². The van der Waals surface area contributed by atoms with E-state index in [-0.39, 0.29) is 46.5 Å². The van der Waals surface area contributed by atoms with E-state index >= 15 is 0 Å². The highest BCUT2D eigenvalue weighted by Crippen LogP contribution is 2.34. The van der Waals surface area contributed by atoms with Crippen molar-refractivity contribution in [3.05, 3.63) is 120 Å². The van der Waals surface area contributed by atoms with Crippen LogP contribution in [0.4, 0.5) is 5.69 Å². The van der Waals surface area contributed by atoms with Gasteiger partial charge in [-0.2, -0.15) is 0 Å². The highest BCUT2D eigenvalue weighted by atomic mass is 35.5. The molecule has 2 aromatic carbocycles. The molecule has 16 heteroatoms. The summed E-state index contributed by atoms with van der Waals surface area (Å²) < 4.78 is 2.74. The summed E-state index contributed by atoms with van der Waals surface area (Å²) in [6, 6.07) is 16.5. The number of H-pyrrole nitrogens is 1. The molecule has 0 aliphatic carbocycles. The van der Waals surface area contributed by atoms with E-state index in [0.717, 1.165) is 0 Å². The average Bonchev–Trinajstić information content (AvgIpc) is 3.49. The van der Waals surface area contributed by atoms with Crippen molar-refractivity contribution in [3.63, 3.8) is 0 Å². The number of nitrogens with one attached hydrogen (secondary N) is 1. The van der Waals surface area contributed by atoms with E-state index in [2.05, 4.69) is 31.0 Å². The zero-order valence-electron chi connectivity index (χ0n) is 21.9. The SMILES string of the molecule is Cl.NO.O=C1c2cc(Cl)ccc2-n2c1nc1ncccc1c2=O.O=Nc1c2cc(Cl)ccc2n2c(=O)c3cccnc3[nH]c12. The standard InChI is InChI=1S/C14H7ClN4O2.C14H6ClN3O2.ClH.H3NO/c15-7-3-4-10-9(6-7)11(18-21)13-17-12-8(2-1-5-16-12)14(20)19(10)13;15-7-3-4-10-9(6-7)11(19)13-17-12-8(2-1-5-16-12)14(20)18(10)13;;1-2/h1-6H,(H,16,17);1-6H;1H;2H,1H2. The van der Waals surface area contributed by atoms with Crippen LogP contribution in [0.25, 0.3) is 44.3 Å². The molecule has 7 aromatic rings. The second kappa shape index (κ2) is 11.9. The predicted molar refractivity (Wildman–Crippen MR) is 168 cm³/mol. The van der Waals surface area contributed by atoms with Crippen LogP contribution in [0.1, 0.15) is 16.2 Å². The third-order valence-corrected chi connectivity index (χ3v) is 7.23. The quantitative estimate of drug-likeness (QED) is 0.160. The molecule has 0 unspecified atom stereocenters. The summed E-state index contributed by atoms with van der Waals surface area (Å²) in [5.74, 6) is 3.27. The number of carbonyl (C=O) groups excluding carboxylic acids is 1. The number of aromatic nitrogens is 6. The van der Waals surface area contributed by atoms with E-state index in [1.54, 1.807) is 66.9 Å². The summed E-state index contributed by atoms with van der Waals surface area (Å²) in [5.41, 5.74) is 2.08. The van der Waals surface area contributed by atoms with Crippen molar-refractivity contribution in [1.82, 2.24) is 28.9 Å². The number of pyridine rings is 2. The first-order valence-electron chi connectivity index (χ1n) is 12.3. The Bertz CT molecular complexity index is 2400. The molecule has 1 aliphatic rings. The monoisotopic (exact) mass is 650 g/mol. The van der Waals surface area contributed by atoms with Crippen LogP contribution in [0.15, 0.2) is 87.8 Å². The molecule has 13 nitrogen and oxygen atoms in total. The van der Waals surface area contributed by atoms with Crippen LogP contribution >= 0.6 is 35.6 Å². The fourth-order valence-electron chi connectivity index (χ4n) is 4.98. The van der Waals surface area contributed by atoms with Gasteiger partial charge >= 0.3 is 0 Å². The molecular weight excluding hydrogens is 635 g/mol. The summed E-state index contributed by atoms with van der Waals surface area (Å²) in [6.07, 6.45) is 3.11. The molecule has 0 amide bonds. The number of nitrogens with two attached hydrogens (primary N) is 1. The van der Waals surface area contributed by atoms with Crippen LogP contribution < -0.4 is 17.0 Å². The minimum Gasteiger partial charge on any atom is -0.323 e. The van der Waals surface area contributed by atoms with Gasteiger partial charge in [0.1, 0.15) is 11.3 Å². The van der Waals surface area contributed by atoms with Gasteiger partial charge in [-0.05, 0) is 65.8 Å². The van der Waals surface area contributed by atoms with Crippen LogP contribution in [-0.2, 0) is 0 Å². The van der Waals surface area contributed by atoms with Crippen molar-refractivity contribution in [2.24, 2.45) is 11.1 Å². The van der Waals surface area contributed by atoms with E-state index in [1.807, 2.05) is 0 Å². The fraction of sp³-hybridized carbons (Fsp3) is 0. The third-order valence-electron chi connectivity index (χ3n) is 6.76. The van der Waals surface area contributed by atoms with Gasteiger partial charge in [0, 0.05) is 27.8 Å². The van der Waals surface area contributed by atoms with Gasteiger partial charge in [-0.3, -0.25) is 23.4 Å². The summed E-state index contributed by atoms with van der Waals surface area (Å²) in [7, 11) is 0. The molecular formula is C28H17Cl3N8O5. The Morgan fingerprint density at radius 3 is 2.27 bits per heavy atom. The first-order chi connectivity index (χ1) is 20.9. The van der Waals surface area contributed by atoms with E-state index in [9.17, 15) is 19.3 Å². The molecule has 0 saturated heterocycles. The fourth-order valence-corrected chi connectivity index (χ4v) is 5.32. The minimum absolute atomic E-state index is 0. The maximum Gasteiger partial charge on any atom is 0.267 e. The van der Waals surface area contributed by atoms with Gasteiger partial charge in [-0.15, -0.1) is 17.3 Å². The molecule has 0 radical (unpaired) electrons. The van der Waals surface area contributed by atoms with Gasteiger partial charge in [0.25, 0.3) is 11.1 Å². The van der Waals surface area contributed by atoms with Crippen molar-refractivity contribution in [1.29, 1.82) is 0 Å². The third kappa shape index (κ3) is 4.69. The Labute approximate surface area is 260 Å². The second-order valence-electron chi connectivity index (χ2n) is 9.06. The number of aromatic amines is 1. The smallest absolute Gasteiger partial charge is 0.267 e. The molecule has 44 heavy (non-hydrogen) atoms. The predicted octanol–water partition coefficient (Wildman–Crippen LogP) is 5.11. The molecule has 0 bridgehead atoms. The second-order valence-corrected chi connectivity index (χ2v) is 9.93. The maximum atomic E-state index is 12.6. The van der Waals surface area contributed by atoms with Crippen LogP contribution in [0, 0.1) is 4.91 Å². The van der Waals surface area contributed by atoms with E-state index < -0.39 is 0 Å². The number of fused-ring (bicyclic) bond motifs is 8. The molecule has 1 aliphatic heterocycles. The van der Waals surface area contributed by atoms with Crippen molar-refractivity contribution in [2.45, 2.75) is 0 Å². The number of nitroso groups, excluding NO2 is 1. The average molecular weight is 652 g/mol. The summed E-state index contributed by atoms with van der Waals surface area (Å²) in [4.78, 5) is 64.0. The van der Waals surface area contributed by atoms with Gasteiger partial charge in [0.05, 0.1) is 27.5 Å². The first-order valence-corrected chi connectivity index (χ1v) is 13.0. The van der Waals surface area contributed by atoms with Crippen LogP contribution in [0.3, 0.4) is 0 Å². The Morgan fingerprint density at radius 2 is 1.52 bits per heavy atom. The molecule has 0 saturated carbocycles. The lowest BCUT2D eigenvalue weighted by Gasteiger charge is -2.04. The molecule has 6 heterocycles. The van der Waals surface area contributed by atoms with Crippen molar-refractivity contribution in [3.8, 4) is 5.69 Å². The lowest BCUT2D eigenvalue weighted by molar-refractivity contribution is 0.103. The van der Waals surface area contributed by atoms with Crippen molar-refractivity contribution in [2.75, 3.05) is 0 Å². The molecule has 220 valence electrons. The summed E-state index contributed by atoms with van der Waals surface area (Å²) in [5, 5.41) is 11.8. The number of carbonyl (C=O) groups is 1. The van der Waals surface area contributed by atoms with E-state index in [1.165, 1.54) is 15.2 Å². The molecule has 0 atom stereocenters. The van der Waals surface area contributed by atoms with Gasteiger partial charge in [0.15, 0.2) is 17.2 Å². The highest BCUT2D eigenvalue weighted by molar-refractivity contribution is 6.32. The van der Waals surface area contributed by atoms with Gasteiger partial charge < -0.3 is 10.2 Å². The lowest BCUT2D eigenvalue weighted by atomic mass is 10.1. The minimum atomic E-state index is -0.313. The summed E-state index contributed by atoms with van der Waals surface area (Å²) in [6.45, 7) is 0. The summed E-state index contributed by atoms with van der Waals surface area (Å²) >= 11 is 11.9. The van der Waals surface area contributed by atoms with E-state index in [4.69, 9.17) is 28.4 Å². The van der Waals surface area contributed by atoms with Crippen molar-refractivity contribution < 1.29 is 10.0 Å². The number of halogens is 3. The van der Waals surface area contributed by atoms with Crippen LogP contribution in [0.5, 0.6) is 0 Å². The van der Waals surface area contributed by atoms with Gasteiger partial charge in [-0.25, -0.2) is 20.8 Å². The Kier molecular flexibility index (Phi) is 8.23.